The van der Waals surface area contributed by atoms with Gasteiger partial charge in [-0.2, -0.15) is 103 Å². The molecule has 15 rings (SSSR count). The van der Waals surface area contributed by atoms with Gasteiger partial charge in [-0.1, -0.05) is 56.3 Å². The van der Waals surface area contributed by atoms with Crippen LogP contribution in [0.3, 0.4) is 0 Å². The Morgan fingerprint density at radius 2 is 0.564 bits per heavy atom. The fraction of sp³-hybridized carbons (Fsp3) is 0.0727. The molecule has 6 aliphatic carbocycles. The summed E-state index contributed by atoms with van der Waals surface area (Å²) in [4.78, 5) is 40.0. The van der Waals surface area contributed by atoms with Crippen molar-refractivity contribution in [2.75, 3.05) is 0 Å². The van der Waals surface area contributed by atoms with Crippen molar-refractivity contribution < 1.29 is 66.2 Å². The standard InChI is InChI=1S/C38H12F6N8O.C38H12F6N8.C34H8F2N8/c1-17-27-30(26(16-48)36(53-38(42,43)44)31(27)25(15-47)21-7-19(13-45)9-23(11-21)49-3)33(37(39,40)41)32-28(17)34(51-5)18(2)29(32)35(52-6)22-8-20(14-46)10-24(12-22)50-4;1-17-27-30(25(15-47)21-7-19(13-45)9-23(11-21)49-3)33(37(39,40)41)26(16-48)31(27)34(38(42,43)44)32-28(17)35(51-5)18(2)29(32)36(52-6)22-8-20(14-46)10-24(12-22)50-4;1-41-21-7-17(13-37)5-19(9-21)27(15-39)29-24-12-26-25(11-23(24)28(16-40)31(29)35)30(32(36)34(26)44-4)33(43-3)20-6-18(14-38)8-22(10-20)42-2/h7-12H,1-2H3;7-12H,1-2H3;5-12H/b31-25+,35-29+;30-25+,36-29+;29-27+,33-30-. The number of nitrogens with zero attached hydrogens (tertiary/aromatic N) is 24. The first-order valence-electron chi connectivity index (χ1n) is 40.9. The zero-order chi connectivity index (χ0) is 109. The molecule has 0 spiro atoms. The van der Waals surface area contributed by atoms with E-state index >= 15 is 48.3 Å². The van der Waals surface area contributed by atoms with E-state index in [0.717, 1.165) is 67.6 Å². The number of rotatable bonds is 7. The molecule has 9 aromatic carbocycles. The molecule has 0 aromatic heterocycles. The normalized spacial score (nSPS) is 14.9. The van der Waals surface area contributed by atoms with Gasteiger partial charge >= 0.3 is 24.9 Å². The smallest absolute Gasteiger partial charge is 0.404 e. The Bertz CT molecular complexity index is 9170. The lowest BCUT2D eigenvalue weighted by molar-refractivity contribution is -0.302. The number of fused-ring (bicyclic) bond motifs is 6. The second-order valence-electron chi connectivity index (χ2n) is 31.5. The van der Waals surface area contributed by atoms with E-state index in [0.29, 0.717) is 0 Å². The van der Waals surface area contributed by atoms with Crippen LogP contribution in [0.2, 0.25) is 0 Å². The van der Waals surface area contributed by atoms with Gasteiger partial charge < -0.3 is 4.74 Å². The third kappa shape index (κ3) is 17.4. The van der Waals surface area contributed by atoms with E-state index in [1.807, 2.05) is 18.2 Å². The van der Waals surface area contributed by atoms with Crippen LogP contribution in [0.1, 0.15) is 170 Å². The van der Waals surface area contributed by atoms with E-state index in [9.17, 15) is 76.3 Å². The first-order chi connectivity index (χ1) is 70.9. The van der Waals surface area contributed by atoms with Crippen molar-refractivity contribution in [1.29, 1.82) is 63.1 Å². The van der Waals surface area contributed by atoms with Gasteiger partial charge in [0.1, 0.15) is 47.8 Å². The van der Waals surface area contributed by atoms with Crippen LogP contribution in [-0.2, 0) is 17.1 Å². The van der Waals surface area contributed by atoms with Crippen LogP contribution in [0.15, 0.2) is 155 Å². The second-order valence-corrected chi connectivity index (χ2v) is 31.5. The van der Waals surface area contributed by atoms with Gasteiger partial charge in [-0.05, 0) is 210 Å². The summed E-state index contributed by atoms with van der Waals surface area (Å²) in [6.07, 6.45) is -22.2. The van der Waals surface area contributed by atoms with E-state index in [1.54, 1.807) is 42.5 Å². The number of alkyl halides is 12. The first-order valence-corrected chi connectivity index (χ1v) is 40.9. The van der Waals surface area contributed by atoms with Gasteiger partial charge in [-0.15, -0.1) is 13.2 Å². The van der Waals surface area contributed by atoms with Crippen molar-refractivity contribution in [2.24, 2.45) is 0 Å². The molecular formula is C110H32F14N24O. The Kier molecular flexibility index (Phi) is 27.2. The van der Waals surface area contributed by atoms with Crippen LogP contribution in [0, 0.1) is 229 Å². The van der Waals surface area contributed by atoms with Crippen LogP contribution < -0.4 is 0 Å². The molecule has 0 fully saturated rings. The van der Waals surface area contributed by atoms with E-state index < -0.39 is 188 Å². The molecule has 0 N–H and O–H groups in total. The molecule has 149 heavy (non-hydrogen) atoms. The molecule has 0 amide bonds. The Balaban J connectivity index is 0.000000187. The Morgan fingerprint density at radius 3 is 0.859 bits per heavy atom. The fourth-order valence-electron chi connectivity index (χ4n) is 18.0. The minimum absolute atomic E-state index is 0.00223. The zero-order valence-electron chi connectivity index (χ0n) is 75.0. The highest BCUT2D eigenvalue weighted by atomic mass is 19.4. The number of nitriles is 12. The maximum Gasteiger partial charge on any atom is 0.573 e. The molecule has 9 aromatic rings. The molecule has 696 valence electrons. The summed E-state index contributed by atoms with van der Waals surface area (Å²) >= 11 is 0. The highest BCUT2D eigenvalue weighted by Gasteiger charge is 2.55. The first kappa shape index (κ1) is 103. The summed E-state index contributed by atoms with van der Waals surface area (Å²) < 4.78 is 217. The molecule has 0 saturated carbocycles. The van der Waals surface area contributed by atoms with Crippen LogP contribution in [-0.4, -0.2) is 12.5 Å². The Hall–Kier alpha value is -23.6. The molecule has 0 aliphatic heterocycles. The average Bonchev–Trinajstić information content (AvgIpc) is 1.53. The van der Waals surface area contributed by atoms with Crippen LogP contribution >= 0.6 is 0 Å². The topological polar surface area (TPSA) is 347 Å². The average molecular weight is 1970 g/mol. The highest BCUT2D eigenvalue weighted by molar-refractivity contribution is 6.24. The van der Waals surface area contributed by atoms with Gasteiger partial charge in [0.2, 0.25) is 11.4 Å². The number of allylic oxidation sites excluding steroid dienone is 17. The van der Waals surface area contributed by atoms with E-state index in [4.69, 9.17) is 78.9 Å². The number of benzene rings is 9. The monoisotopic (exact) mass is 1970 g/mol. The van der Waals surface area contributed by atoms with Gasteiger partial charge in [-0.3, -0.25) is 0 Å². The Labute approximate surface area is 833 Å². The van der Waals surface area contributed by atoms with Crippen molar-refractivity contribution in [3.63, 3.8) is 0 Å². The number of halogens is 14. The molecule has 0 atom stereocenters. The molecule has 25 nitrogen and oxygen atoms in total. The lowest BCUT2D eigenvalue weighted by Gasteiger charge is -2.23. The predicted molar refractivity (Wildman–Crippen MR) is 506 cm³/mol. The third-order valence-corrected chi connectivity index (χ3v) is 23.6. The van der Waals surface area contributed by atoms with E-state index in [1.165, 1.54) is 93.6 Å². The molecule has 6 aliphatic rings. The molecule has 0 saturated heterocycles. The Morgan fingerprint density at radius 1 is 0.268 bits per heavy atom. The summed E-state index contributed by atoms with van der Waals surface area (Å²) in [5.74, 6) is -3.60. The highest BCUT2D eigenvalue weighted by Crippen LogP contribution is 2.65. The summed E-state index contributed by atoms with van der Waals surface area (Å²) in [5.41, 5.74) is -27.0. The summed E-state index contributed by atoms with van der Waals surface area (Å²) in [7, 11) is 0. The predicted octanol–water partition coefficient (Wildman–Crippen LogP) is 29.7. The number of hydrogen-bond acceptors (Lipinski definition) is 13. The molecule has 39 heteroatoms. The maximum absolute atomic E-state index is 16.0. The lowest BCUT2D eigenvalue weighted by Crippen LogP contribution is -2.15. The summed E-state index contributed by atoms with van der Waals surface area (Å²) in [6.45, 7) is 96.4. The second kappa shape index (κ2) is 39.4. The van der Waals surface area contributed by atoms with Gasteiger partial charge in [-0.25, -0.2) is 66.9 Å². The quantitative estimate of drug-likeness (QED) is 0.0814. The van der Waals surface area contributed by atoms with Gasteiger partial charge in [0.15, 0.2) is 68.5 Å². The van der Waals surface area contributed by atoms with Gasteiger partial charge in [0.25, 0.3) is 0 Å². The SMILES string of the molecule is [C-]#[N+]C1=C(C)/C(=C(\[N+]#[C-])c2cc(C#N)cc([N+]#[C-])c2)c2c1c(C)c1c(c2C(F)(F)F)C(C#N)=C(C(F)(F)F)/C1=C(\C#N)c1cc(C#N)cc([N+]#[C-])c1.[C-]#[N+]C1=C(C)/C(=C(\[N+]#[C-])c2cc(C#N)cc([N+]#[C-])c2)c2c1c(C)c1c(c2C(F)(F)F)C(C#N)=C(OC(F)(F)F)/C1=C(\C#N)c1cc(C#N)cc([N+]#[C-])c1.[C-]#[N+]C1=C(F)/C(=C(\[N+]#[C-])c2cc(C#N)cc([N+]#[C-])c2)c2cc3c(cc21)/C(=C(/C#N)c1cc(C#N)cc([N+]#[C-])c1)C(F)=C3C#N. The molecule has 0 heterocycles. The molecular weight excluding hydrogens is 1940 g/mol. The van der Waals surface area contributed by atoms with E-state index in [-0.39, 0.29) is 162 Å². The summed E-state index contributed by atoms with van der Waals surface area (Å²) in [5, 5.41) is 118. The lowest BCUT2D eigenvalue weighted by atomic mass is 9.82. The van der Waals surface area contributed by atoms with E-state index in [2.05, 4.69) is 62.9 Å². The van der Waals surface area contributed by atoms with Crippen molar-refractivity contribution in [2.45, 2.75) is 52.6 Å². The largest absolute Gasteiger partial charge is 0.573 e. The minimum atomic E-state index is -5.62. The van der Waals surface area contributed by atoms with Crippen molar-refractivity contribution in [3.8, 4) is 72.8 Å². The zero-order valence-corrected chi connectivity index (χ0v) is 75.0. The van der Waals surface area contributed by atoms with Crippen LogP contribution in [0.5, 0.6) is 0 Å². The van der Waals surface area contributed by atoms with Crippen molar-refractivity contribution in [3.05, 3.63) is 448 Å². The third-order valence-electron chi connectivity index (χ3n) is 23.6. The molecule has 0 bridgehead atoms. The number of ether oxygens (including phenoxy) is 1. The fourth-order valence-corrected chi connectivity index (χ4v) is 18.0. The summed E-state index contributed by atoms with van der Waals surface area (Å²) in [6, 6.07) is 43.8. The van der Waals surface area contributed by atoms with Crippen LogP contribution in [0.25, 0.3) is 159 Å². The van der Waals surface area contributed by atoms with Crippen molar-refractivity contribution in [1.82, 2.24) is 0 Å². The van der Waals surface area contributed by atoms with Crippen LogP contribution in [0.4, 0.5) is 95.6 Å². The maximum atomic E-state index is 16.0. The van der Waals surface area contributed by atoms with Gasteiger partial charge in [0, 0.05) is 72.4 Å². The number of hydrogen-bond donors (Lipinski definition) is 0. The molecule has 0 radical (unpaired) electrons. The van der Waals surface area contributed by atoms with Gasteiger partial charge in [0.05, 0.1) is 160 Å². The molecule has 0 unspecified atom stereocenters. The van der Waals surface area contributed by atoms with Crippen molar-refractivity contribution >= 4 is 135 Å². The minimum Gasteiger partial charge on any atom is -0.404 e.